The predicted octanol–water partition coefficient (Wildman–Crippen LogP) is 3.64. The molecule has 0 bridgehead atoms. The molecule has 0 amide bonds. The van der Waals surface area contributed by atoms with Gasteiger partial charge in [-0.15, -0.1) is 35.3 Å². The summed E-state index contributed by atoms with van der Waals surface area (Å²) in [6, 6.07) is 10.8. The van der Waals surface area contributed by atoms with E-state index in [4.69, 9.17) is 0 Å². The van der Waals surface area contributed by atoms with E-state index in [0.29, 0.717) is 5.92 Å². The fourth-order valence-electron chi connectivity index (χ4n) is 3.63. The molecule has 2 aromatic rings. The smallest absolute Gasteiger partial charge is 0.193 e. The van der Waals surface area contributed by atoms with Crippen LogP contribution in [0.2, 0.25) is 0 Å². The number of hydrogen-bond acceptors (Lipinski definition) is 4. The molecule has 0 radical (unpaired) electrons. The SMILES string of the molecule is CN=C(NCC1CCN(CCc2ccccc2)C1)N(C)Cc1csc(C)n1.I. The van der Waals surface area contributed by atoms with Crippen molar-refractivity contribution in [3.63, 3.8) is 0 Å². The molecule has 1 N–H and O–H groups in total. The Labute approximate surface area is 190 Å². The summed E-state index contributed by atoms with van der Waals surface area (Å²) in [4.78, 5) is 13.7. The number of nitrogens with one attached hydrogen (secondary N) is 1. The van der Waals surface area contributed by atoms with E-state index in [1.165, 1.54) is 25.1 Å². The quantitative estimate of drug-likeness (QED) is 0.349. The normalized spacial score (nSPS) is 17.4. The first-order chi connectivity index (χ1) is 13.1. The predicted molar refractivity (Wildman–Crippen MR) is 130 cm³/mol. The number of aromatic nitrogens is 1. The van der Waals surface area contributed by atoms with Gasteiger partial charge < -0.3 is 15.1 Å². The van der Waals surface area contributed by atoms with Crippen LogP contribution in [0.15, 0.2) is 40.7 Å². The largest absolute Gasteiger partial charge is 0.356 e. The highest BCUT2D eigenvalue weighted by Crippen LogP contribution is 2.16. The highest BCUT2D eigenvalue weighted by atomic mass is 127. The van der Waals surface area contributed by atoms with E-state index in [1.807, 2.05) is 14.0 Å². The number of rotatable bonds is 7. The van der Waals surface area contributed by atoms with E-state index in [0.717, 1.165) is 42.7 Å². The van der Waals surface area contributed by atoms with E-state index in [-0.39, 0.29) is 24.0 Å². The van der Waals surface area contributed by atoms with Crippen LogP contribution in [0.25, 0.3) is 0 Å². The summed E-state index contributed by atoms with van der Waals surface area (Å²) in [6.45, 7) is 7.34. The Kier molecular flexibility index (Phi) is 9.67. The van der Waals surface area contributed by atoms with Gasteiger partial charge >= 0.3 is 0 Å². The monoisotopic (exact) mass is 513 g/mol. The van der Waals surface area contributed by atoms with Gasteiger partial charge in [0.25, 0.3) is 0 Å². The summed E-state index contributed by atoms with van der Waals surface area (Å²) in [6.07, 6.45) is 2.40. The molecular formula is C21H32IN5S. The van der Waals surface area contributed by atoms with Crippen molar-refractivity contribution in [3.05, 3.63) is 52.0 Å². The molecule has 7 heteroatoms. The molecule has 5 nitrogen and oxygen atoms in total. The van der Waals surface area contributed by atoms with E-state index >= 15 is 0 Å². The minimum absolute atomic E-state index is 0. The summed E-state index contributed by atoms with van der Waals surface area (Å²) >= 11 is 1.70. The topological polar surface area (TPSA) is 43.8 Å². The third kappa shape index (κ3) is 7.00. The highest BCUT2D eigenvalue weighted by Gasteiger charge is 2.22. The summed E-state index contributed by atoms with van der Waals surface area (Å²) in [5.41, 5.74) is 2.54. The summed E-state index contributed by atoms with van der Waals surface area (Å²) in [5, 5.41) is 6.80. The first-order valence-corrected chi connectivity index (χ1v) is 10.6. The van der Waals surface area contributed by atoms with Crippen molar-refractivity contribution in [1.29, 1.82) is 0 Å². The molecule has 1 aromatic carbocycles. The first-order valence-electron chi connectivity index (χ1n) is 9.73. The van der Waals surface area contributed by atoms with Crippen LogP contribution in [-0.4, -0.2) is 61.0 Å². The Bertz CT molecular complexity index is 733. The zero-order chi connectivity index (χ0) is 19.1. The molecule has 3 rings (SSSR count). The third-order valence-electron chi connectivity index (χ3n) is 5.12. The molecule has 0 aliphatic carbocycles. The van der Waals surface area contributed by atoms with Crippen molar-refractivity contribution in [2.75, 3.05) is 40.3 Å². The molecule has 1 saturated heterocycles. The molecule has 0 saturated carbocycles. The van der Waals surface area contributed by atoms with Crippen LogP contribution in [0.4, 0.5) is 0 Å². The molecule has 154 valence electrons. The average Bonchev–Trinajstić information content (AvgIpc) is 3.30. The number of halogens is 1. The van der Waals surface area contributed by atoms with Crippen LogP contribution in [0.3, 0.4) is 0 Å². The lowest BCUT2D eigenvalue weighted by Gasteiger charge is -2.23. The van der Waals surface area contributed by atoms with Crippen molar-refractivity contribution in [1.82, 2.24) is 20.1 Å². The molecular weight excluding hydrogens is 481 g/mol. The van der Waals surface area contributed by atoms with Crippen molar-refractivity contribution < 1.29 is 0 Å². The standard InChI is InChI=1S/C21H31N5S.HI/c1-17-24-20(16-27-17)15-25(3)21(22-2)23-13-19-10-12-26(14-19)11-9-18-7-5-4-6-8-18;/h4-8,16,19H,9-15H2,1-3H3,(H,22,23);1H. The van der Waals surface area contributed by atoms with E-state index in [1.54, 1.807) is 11.3 Å². The lowest BCUT2D eigenvalue weighted by molar-refractivity contribution is 0.327. The maximum Gasteiger partial charge on any atom is 0.193 e. The van der Waals surface area contributed by atoms with Crippen molar-refractivity contribution in [3.8, 4) is 0 Å². The molecule has 1 aromatic heterocycles. The molecule has 1 atom stereocenters. The first kappa shape index (κ1) is 23.1. The second-order valence-electron chi connectivity index (χ2n) is 7.33. The third-order valence-corrected chi connectivity index (χ3v) is 5.94. The number of thiazole rings is 1. The van der Waals surface area contributed by atoms with Crippen LogP contribution in [0, 0.1) is 12.8 Å². The maximum atomic E-state index is 4.55. The van der Waals surface area contributed by atoms with Gasteiger partial charge in [-0.1, -0.05) is 30.3 Å². The Morgan fingerprint density at radius 2 is 2.14 bits per heavy atom. The van der Waals surface area contributed by atoms with Gasteiger partial charge in [0.15, 0.2) is 5.96 Å². The van der Waals surface area contributed by atoms with Crippen molar-refractivity contribution >= 4 is 41.3 Å². The van der Waals surface area contributed by atoms with Gasteiger partial charge in [-0.2, -0.15) is 0 Å². The zero-order valence-corrected chi connectivity index (χ0v) is 20.2. The lowest BCUT2D eigenvalue weighted by Crippen LogP contribution is -2.41. The molecule has 1 fully saturated rings. The number of guanidine groups is 1. The number of hydrogen-bond donors (Lipinski definition) is 1. The summed E-state index contributed by atoms with van der Waals surface area (Å²) < 4.78 is 0. The van der Waals surface area contributed by atoms with Crippen LogP contribution in [0.5, 0.6) is 0 Å². The maximum absolute atomic E-state index is 4.55. The number of aryl methyl sites for hydroxylation is 1. The fourth-order valence-corrected chi connectivity index (χ4v) is 4.24. The Balaban J connectivity index is 0.00000280. The Morgan fingerprint density at radius 3 is 2.82 bits per heavy atom. The number of nitrogens with zero attached hydrogens (tertiary/aromatic N) is 4. The van der Waals surface area contributed by atoms with Crippen LogP contribution < -0.4 is 5.32 Å². The Hall–Kier alpha value is -1.19. The van der Waals surface area contributed by atoms with Crippen molar-refractivity contribution in [2.45, 2.75) is 26.3 Å². The molecule has 1 aliphatic rings. The molecule has 28 heavy (non-hydrogen) atoms. The van der Waals surface area contributed by atoms with Gasteiger partial charge in [-0.3, -0.25) is 4.99 Å². The Morgan fingerprint density at radius 1 is 1.36 bits per heavy atom. The molecule has 1 aliphatic heterocycles. The van der Waals surface area contributed by atoms with Crippen LogP contribution in [0.1, 0.15) is 22.7 Å². The number of benzene rings is 1. The highest BCUT2D eigenvalue weighted by molar-refractivity contribution is 14.0. The number of likely N-dealkylation sites (tertiary alicyclic amines) is 1. The number of aliphatic imine (C=N–C) groups is 1. The van der Waals surface area contributed by atoms with Gasteiger partial charge in [0.05, 0.1) is 17.2 Å². The van der Waals surface area contributed by atoms with Crippen LogP contribution in [-0.2, 0) is 13.0 Å². The zero-order valence-electron chi connectivity index (χ0n) is 17.1. The van der Waals surface area contributed by atoms with Gasteiger partial charge in [-0.05, 0) is 37.8 Å². The second kappa shape index (κ2) is 11.7. The fraction of sp³-hybridized carbons (Fsp3) is 0.524. The van der Waals surface area contributed by atoms with Crippen molar-refractivity contribution in [2.24, 2.45) is 10.9 Å². The van der Waals surface area contributed by atoms with Crippen LogP contribution >= 0.6 is 35.3 Å². The average molecular weight is 513 g/mol. The van der Waals surface area contributed by atoms with E-state index < -0.39 is 0 Å². The van der Waals surface area contributed by atoms with E-state index in [2.05, 4.69) is 67.9 Å². The van der Waals surface area contributed by atoms with Gasteiger partial charge in [0, 0.05) is 39.1 Å². The second-order valence-corrected chi connectivity index (χ2v) is 8.40. The summed E-state index contributed by atoms with van der Waals surface area (Å²) in [5.74, 6) is 1.64. The molecule has 1 unspecified atom stereocenters. The summed E-state index contributed by atoms with van der Waals surface area (Å²) in [7, 11) is 3.93. The van der Waals surface area contributed by atoms with Gasteiger partial charge in [0.1, 0.15) is 0 Å². The molecule has 2 heterocycles. The molecule has 0 spiro atoms. The lowest BCUT2D eigenvalue weighted by atomic mass is 10.1. The van der Waals surface area contributed by atoms with E-state index in [9.17, 15) is 0 Å². The van der Waals surface area contributed by atoms with Gasteiger partial charge in [0.2, 0.25) is 0 Å². The van der Waals surface area contributed by atoms with Gasteiger partial charge in [-0.25, -0.2) is 4.98 Å². The minimum Gasteiger partial charge on any atom is -0.356 e. The minimum atomic E-state index is 0.